The molecule has 2 heterocycles. The number of hydrogen-bond acceptors (Lipinski definition) is 5. The van der Waals surface area contributed by atoms with E-state index in [-0.39, 0.29) is 0 Å². The third-order valence-corrected chi connectivity index (χ3v) is 3.52. The Balaban J connectivity index is 1.81. The zero-order valence-corrected chi connectivity index (χ0v) is 11.3. The maximum atomic E-state index is 5.66. The lowest BCUT2D eigenvalue weighted by Gasteiger charge is -1.97. The summed E-state index contributed by atoms with van der Waals surface area (Å²) >= 11 is 1.64. The van der Waals surface area contributed by atoms with Gasteiger partial charge in [0.1, 0.15) is 6.33 Å². The Morgan fingerprint density at radius 1 is 1.26 bits per heavy atom. The minimum absolute atomic E-state index is 0.645. The van der Waals surface area contributed by atoms with Gasteiger partial charge in [-0.1, -0.05) is 0 Å². The van der Waals surface area contributed by atoms with Gasteiger partial charge in [0.2, 0.25) is 0 Å². The van der Waals surface area contributed by atoms with Crippen molar-refractivity contribution in [3.63, 3.8) is 0 Å². The number of anilines is 1. The van der Waals surface area contributed by atoms with Crippen LogP contribution in [0.3, 0.4) is 0 Å². The third kappa shape index (κ3) is 2.63. The van der Waals surface area contributed by atoms with Crippen molar-refractivity contribution >= 4 is 17.0 Å². The smallest absolute Gasteiger partial charge is 0.181 e. The van der Waals surface area contributed by atoms with E-state index in [1.807, 2.05) is 36.6 Å². The van der Waals surface area contributed by atoms with Crippen LogP contribution in [-0.4, -0.2) is 19.7 Å². The predicted octanol–water partition coefficient (Wildman–Crippen LogP) is 2.34. The average Bonchev–Trinajstić information content (AvgIpc) is 3.00. The van der Waals surface area contributed by atoms with Crippen molar-refractivity contribution in [1.82, 2.24) is 19.7 Å². The molecule has 0 saturated heterocycles. The molecule has 0 aliphatic heterocycles. The molecule has 0 spiro atoms. The van der Waals surface area contributed by atoms with Crippen LogP contribution in [0.25, 0.3) is 11.4 Å². The summed E-state index contributed by atoms with van der Waals surface area (Å²) in [6.45, 7) is 2.64. The van der Waals surface area contributed by atoms with Crippen LogP contribution in [0.4, 0.5) is 5.69 Å². The first-order chi connectivity index (χ1) is 9.20. The molecule has 5 nitrogen and oxygen atoms in total. The molecular weight excluding hydrogens is 258 g/mol. The van der Waals surface area contributed by atoms with Gasteiger partial charge in [-0.3, -0.25) is 0 Å². The molecule has 0 fully saturated rings. The molecule has 2 aromatic heterocycles. The van der Waals surface area contributed by atoms with Crippen LogP contribution < -0.4 is 5.73 Å². The number of aromatic nitrogens is 4. The van der Waals surface area contributed by atoms with Crippen LogP contribution in [0.15, 0.2) is 36.0 Å². The lowest BCUT2D eigenvalue weighted by molar-refractivity contribution is 0.675. The molecule has 3 rings (SSSR count). The topological polar surface area (TPSA) is 69.6 Å². The van der Waals surface area contributed by atoms with E-state index in [1.54, 1.807) is 22.3 Å². The Hall–Kier alpha value is -2.21. The molecule has 0 unspecified atom stereocenters. The van der Waals surface area contributed by atoms with Crippen molar-refractivity contribution in [2.45, 2.75) is 13.5 Å². The highest BCUT2D eigenvalue weighted by Gasteiger charge is 2.05. The minimum Gasteiger partial charge on any atom is -0.399 e. The molecular formula is C13H13N5S. The largest absolute Gasteiger partial charge is 0.399 e. The molecule has 0 aliphatic rings. The van der Waals surface area contributed by atoms with Gasteiger partial charge < -0.3 is 5.73 Å². The van der Waals surface area contributed by atoms with Crippen LogP contribution in [0.1, 0.15) is 10.7 Å². The molecule has 96 valence electrons. The first-order valence-corrected chi connectivity index (χ1v) is 6.75. The van der Waals surface area contributed by atoms with Crippen LogP contribution >= 0.6 is 11.3 Å². The first kappa shape index (κ1) is 11.9. The molecule has 19 heavy (non-hydrogen) atoms. The Bertz CT molecular complexity index is 683. The summed E-state index contributed by atoms with van der Waals surface area (Å²) in [5, 5.41) is 7.55. The summed E-state index contributed by atoms with van der Waals surface area (Å²) in [7, 11) is 0. The van der Waals surface area contributed by atoms with E-state index in [4.69, 9.17) is 5.73 Å². The monoisotopic (exact) mass is 271 g/mol. The third-order valence-electron chi connectivity index (χ3n) is 2.70. The summed E-state index contributed by atoms with van der Waals surface area (Å²) in [4.78, 5) is 8.72. The van der Waals surface area contributed by atoms with Crippen molar-refractivity contribution in [2.75, 3.05) is 5.73 Å². The molecule has 0 aliphatic carbocycles. The summed E-state index contributed by atoms with van der Waals surface area (Å²) in [5.74, 6) is 0.701. The fourth-order valence-electron chi connectivity index (χ4n) is 1.78. The summed E-state index contributed by atoms with van der Waals surface area (Å²) < 4.78 is 1.79. The second-order valence-corrected chi connectivity index (χ2v) is 5.31. The average molecular weight is 271 g/mol. The van der Waals surface area contributed by atoms with Gasteiger partial charge in [-0.15, -0.1) is 11.3 Å². The zero-order valence-electron chi connectivity index (χ0n) is 10.4. The van der Waals surface area contributed by atoms with Gasteiger partial charge in [0.05, 0.1) is 17.2 Å². The van der Waals surface area contributed by atoms with E-state index < -0.39 is 0 Å². The molecule has 0 saturated carbocycles. The lowest BCUT2D eigenvalue weighted by Crippen LogP contribution is -2.00. The maximum absolute atomic E-state index is 5.66. The quantitative estimate of drug-likeness (QED) is 0.742. The summed E-state index contributed by atoms with van der Waals surface area (Å²) in [6.07, 6.45) is 1.72. The SMILES string of the molecule is Cc1nc(Cn2cnc(-c3ccc(N)cc3)n2)cs1. The highest BCUT2D eigenvalue weighted by atomic mass is 32.1. The number of benzene rings is 1. The molecule has 3 aromatic rings. The van der Waals surface area contributed by atoms with Crippen molar-refractivity contribution in [1.29, 1.82) is 0 Å². The van der Waals surface area contributed by atoms with E-state index in [1.165, 1.54) is 0 Å². The molecule has 0 amide bonds. The fraction of sp³-hybridized carbons (Fsp3) is 0.154. The van der Waals surface area contributed by atoms with E-state index in [2.05, 4.69) is 15.1 Å². The second-order valence-electron chi connectivity index (χ2n) is 4.25. The second kappa shape index (κ2) is 4.81. The van der Waals surface area contributed by atoms with Crippen molar-refractivity contribution in [2.24, 2.45) is 0 Å². The lowest BCUT2D eigenvalue weighted by atomic mass is 10.2. The molecule has 0 bridgehead atoms. The Kier molecular flexibility index (Phi) is 3.00. The van der Waals surface area contributed by atoms with Crippen molar-refractivity contribution in [3.05, 3.63) is 46.7 Å². The summed E-state index contributed by atoms with van der Waals surface area (Å²) in [6, 6.07) is 7.53. The van der Waals surface area contributed by atoms with Gasteiger partial charge in [-0.25, -0.2) is 14.6 Å². The van der Waals surface area contributed by atoms with Gasteiger partial charge in [-0.05, 0) is 31.2 Å². The molecule has 6 heteroatoms. The van der Waals surface area contributed by atoms with E-state index in [0.29, 0.717) is 12.4 Å². The molecule has 0 radical (unpaired) electrons. The number of hydrogen-bond donors (Lipinski definition) is 1. The number of nitrogen functional groups attached to an aromatic ring is 1. The highest BCUT2D eigenvalue weighted by Crippen LogP contribution is 2.16. The van der Waals surface area contributed by atoms with Gasteiger partial charge >= 0.3 is 0 Å². The number of nitrogens with two attached hydrogens (primary N) is 1. The van der Waals surface area contributed by atoms with Crippen LogP contribution in [-0.2, 0) is 6.54 Å². The van der Waals surface area contributed by atoms with Gasteiger partial charge in [-0.2, -0.15) is 5.10 Å². The standard InChI is InChI=1S/C13H13N5S/c1-9-16-12(7-19-9)6-18-8-15-13(17-18)10-2-4-11(14)5-3-10/h2-5,7-8H,6,14H2,1H3. The Morgan fingerprint density at radius 2 is 2.05 bits per heavy atom. The van der Waals surface area contributed by atoms with E-state index in [9.17, 15) is 0 Å². The number of aryl methyl sites for hydroxylation is 1. The fourth-order valence-corrected chi connectivity index (χ4v) is 2.39. The molecule has 0 atom stereocenters. The first-order valence-electron chi connectivity index (χ1n) is 5.87. The molecule has 2 N–H and O–H groups in total. The van der Waals surface area contributed by atoms with Crippen LogP contribution in [0.2, 0.25) is 0 Å². The number of nitrogens with zero attached hydrogens (tertiary/aromatic N) is 4. The Morgan fingerprint density at radius 3 is 2.74 bits per heavy atom. The van der Waals surface area contributed by atoms with Crippen LogP contribution in [0, 0.1) is 6.92 Å². The van der Waals surface area contributed by atoms with Crippen molar-refractivity contribution in [3.8, 4) is 11.4 Å². The highest BCUT2D eigenvalue weighted by molar-refractivity contribution is 7.09. The molecule has 1 aromatic carbocycles. The van der Waals surface area contributed by atoms with Gasteiger partial charge in [0, 0.05) is 16.6 Å². The number of thiazole rings is 1. The maximum Gasteiger partial charge on any atom is 0.181 e. The normalized spacial score (nSPS) is 10.8. The zero-order chi connectivity index (χ0) is 13.2. The predicted molar refractivity (Wildman–Crippen MR) is 75.8 cm³/mol. The number of rotatable bonds is 3. The minimum atomic E-state index is 0.645. The Labute approximate surface area is 114 Å². The summed E-state index contributed by atoms with van der Waals surface area (Å²) in [5.41, 5.74) is 8.37. The van der Waals surface area contributed by atoms with E-state index in [0.717, 1.165) is 22.0 Å². The van der Waals surface area contributed by atoms with Gasteiger partial charge in [0.15, 0.2) is 5.82 Å². The van der Waals surface area contributed by atoms with Crippen LogP contribution in [0.5, 0.6) is 0 Å². The van der Waals surface area contributed by atoms with E-state index >= 15 is 0 Å². The van der Waals surface area contributed by atoms with Crippen molar-refractivity contribution < 1.29 is 0 Å². The van der Waals surface area contributed by atoms with Gasteiger partial charge in [0.25, 0.3) is 0 Å².